The van der Waals surface area contributed by atoms with Gasteiger partial charge in [-0.3, -0.25) is 10.2 Å². The lowest BCUT2D eigenvalue weighted by atomic mass is 9.93. The summed E-state index contributed by atoms with van der Waals surface area (Å²) in [6.07, 6.45) is 2.70. The number of fused-ring (bicyclic) bond motifs is 2. The summed E-state index contributed by atoms with van der Waals surface area (Å²) in [5.41, 5.74) is 7.00. The lowest BCUT2D eigenvalue weighted by Gasteiger charge is -2.27. The van der Waals surface area contributed by atoms with E-state index in [2.05, 4.69) is 53.0 Å². The summed E-state index contributed by atoms with van der Waals surface area (Å²) in [4.78, 5) is 8.20. The molecule has 0 spiro atoms. The van der Waals surface area contributed by atoms with Crippen LogP contribution in [0.3, 0.4) is 0 Å². The molecule has 200 valence electrons. The van der Waals surface area contributed by atoms with Gasteiger partial charge in [-0.25, -0.2) is 9.97 Å². The number of aromatic amines is 2. The van der Waals surface area contributed by atoms with Crippen LogP contribution in [0.5, 0.6) is 5.75 Å². The van der Waals surface area contributed by atoms with E-state index in [0.29, 0.717) is 34.5 Å². The first-order valence-corrected chi connectivity index (χ1v) is 12.9. The first kappa shape index (κ1) is 27.8. The van der Waals surface area contributed by atoms with E-state index in [1.807, 2.05) is 19.9 Å². The average Bonchev–Trinajstić information content (AvgIpc) is 3.52. The summed E-state index contributed by atoms with van der Waals surface area (Å²) in [6.45, 7) is 5.79. The number of H-pyrrole nitrogens is 2. The van der Waals surface area contributed by atoms with Crippen molar-refractivity contribution in [2.75, 3.05) is 6.61 Å². The predicted octanol–water partition coefficient (Wildman–Crippen LogP) is 6.35. The van der Waals surface area contributed by atoms with E-state index in [9.17, 15) is 13.2 Å². The van der Waals surface area contributed by atoms with Gasteiger partial charge in [0.05, 0.1) is 23.3 Å². The second-order valence-corrected chi connectivity index (χ2v) is 10.8. The third kappa shape index (κ3) is 6.59. The van der Waals surface area contributed by atoms with Gasteiger partial charge in [-0.05, 0) is 77.2 Å². The summed E-state index contributed by atoms with van der Waals surface area (Å²) in [7, 11) is 0. The van der Waals surface area contributed by atoms with Gasteiger partial charge in [0.1, 0.15) is 12.4 Å². The Morgan fingerprint density at radius 2 is 1.61 bits per heavy atom. The van der Waals surface area contributed by atoms with Gasteiger partial charge in [-0.15, -0.1) is 0 Å². The minimum absolute atomic E-state index is 0.00512. The van der Waals surface area contributed by atoms with Crippen molar-refractivity contribution in [2.45, 2.75) is 38.9 Å². The molecule has 4 heterocycles. The summed E-state index contributed by atoms with van der Waals surface area (Å²) >= 11 is 2.25. The third-order valence-corrected chi connectivity index (χ3v) is 6.62. The van der Waals surface area contributed by atoms with Crippen molar-refractivity contribution in [3.05, 3.63) is 64.3 Å². The minimum atomic E-state index is -4.56. The van der Waals surface area contributed by atoms with Crippen molar-refractivity contribution >= 4 is 44.7 Å². The summed E-state index contributed by atoms with van der Waals surface area (Å²) in [5, 5.41) is 15.0. The smallest absolute Gasteiger partial charge is 0.419 e. The van der Waals surface area contributed by atoms with Crippen LogP contribution < -0.4 is 10.5 Å². The third-order valence-electron chi connectivity index (χ3n) is 5.68. The molecule has 0 bridgehead atoms. The molecule has 1 aromatic carbocycles. The fraction of sp³-hybridized carbons (Fsp3) is 0.308. The topological polar surface area (TPSA) is 118 Å². The lowest BCUT2D eigenvalue weighted by molar-refractivity contribution is -0.139. The number of hydrogen-bond donors (Lipinski definition) is 3. The zero-order valence-electron chi connectivity index (χ0n) is 21.0. The summed E-state index contributed by atoms with van der Waals surface area (Å²) in [5.74, 6) is 0.0845. The summed E-state index contributed by atoms with van der Waals surface area (Å²) < 4.78 is 47.8. The number of pyridine rings is 2. The van der Waals surface area contributed by atoms with Crippen molar-refractivity contribution in [3.8, 4) is 16.9 Å². The maximum absolute atomic E-state index is 13.7. The maximum Gasteiger partial charge on any atom is 0.419 e. The summed E-state index contributed by atoms with van der Waals surface area (Å²) in [6, 6.07) is 7.65. The van der Waals surface area contributed by atoms with Gasteiger partial charge in [0.25, 0.3) is 0 Å². The molecule has 12 heteroatoms. The molecule has 0 radical (unpaired) electrons. The van der Waals surface area contributed by atoms with Crippen LogP contribution in [0, 0.1) is 9.49 Å². The van der Waals surface area contributed by atoms with E-state index >= 15 is 0 Å². The molecule has 5 rings (SSSR count). The highest BCUT2D eigenvalue weighted by molar-refractivity contribution is 14.1. The van der Waals surface area contributed by atoms with Crippen LogP contribution in [0.2, 0.25) is 0 Å². The molecule has 5 aromatic rings. The molecular weight excluding hydrogens is 610 g/mol. The van der Waals surface area contributed by atoms with Gasteiger partial charge in [0, 0.05) is 26.9 Å². The highest BCUT2D eigenvalue weighted by Crippen LogP contribution is 2.40. The van der Waals surface area contributed by atoms with E-state index in [1.165, 1.54) is 15.8 Å². The van der Waals surface area contributed by atoms with Crippen molar-refractivity contribution in [2.24, 2.45) is 11.7 Å². The van der Waals surface area contributed by atoms with Gasteiger partial charge in [0.15, 0.2) is 11.3 Å². The van der Waals surface area contributed by atoms with Crippen molar-refractivity contribution in [1.29, 1.82) is 0 Å². The molecule has 0 aliphatic heterocycles. The Labute approximate surface area is 230 Å². The van der Waals surface area contributed by atoms with E-state index in [-0.39, 0.29) is 12.4 Å². The number of benzene rings is 1. The van der Waals surface area contributed by atoms with Crippen LogP contribution in [0.4, 0.5) is 13.2 Å². The number of halogens is 4. The molecular formula is C26H27F3IN7O. The van der Waals surface area contributed by atoms with Gasteiger partial charge >= 0.3 is 6.18 Å². The number of rotatable bonds is 6. The first-order valence-electron chi connectivity index (χ1n) is 11.8. The molecule has 0 saturated carbocycles. The molecule has 4 N–H and O–H groups in total. The second-order valence-electron chi connectivity index (χ2n) is 9.67. The predicted molar refractivity (Wildman–Crippen MR) is 148 cm³/mol. The largest absolute Gasteiger partial charge is 0.491 e. The van der Waals surface area contributed by atoms with Crippen molar-refractivity contribution in [3.63, 3.8) is 0 Å². The van der Waals surface area contributed by atoms with Crippen LogP contribution in [0.15, 0.2) is 55.1 Å². The van der Waals surface area contributed by atoms with Crippen LogP contribution in [-0.4, -0.2) is 42.5 Å². The Kier molecular flexibility index (Phi) is 8.21. The number of aromatic nitrogens is 6. The standard InChI is InChI=1S/C20H23F3N4O.C6H4IN3/c1-12(2)9-19(3,24)11-28-17-5-4-13(8-16(17)20(21,22)23)14-6-7-25-18-15(14)10-26-27-18;7-5-1-2-8-6-4(5)3-9-10-6/h4-8,10,12H,9,11,24H2,1-3H3,(H,25,26,27);1-3H,(H,8,9,10)/t19-;/m0./s1. The SMILES string of the molecule is CC(C)C[C@](C)(N)COc1ccc(-c2ccnc3[nH]ncc23)cc1C(F)(F)F.Ic1ccnc2[nH]ncc12. The Morgan fingerprint density at radius 3 is 2.24 bits per heavy atom. The van der Waals surface area contributed by atoms with E-state index in [0.717, 1.165) is 17.1 Å². The molecule has 8 nitrogen and oxygen atoms in total. The first-order chi connectivity index (χ1) is 17.9. The Morgan fingerprint density at radius 1 is 0.974 bits per heavy atom. The van der Waals surface area contributed by atoms with Crippen LogP contribution in [-0.2, 0) is 6.18 Å². The normalized spacial score (nSPS) is 13.4. The molecule has 38 heavy (non-hydrogen) atoms. The number of ether oxygens (including phenoxy) is 1. The Hall–Kier alpha value is -3.26. The number of nitrogens with two attached hydrogens (primary N) is 1. The van der Waals surface area contributed by atoms with Gasteiger partial charge in [-0.1, -0.05) is 19.9 Å². The van der Waals surface area contributed by atoms with Gasteiger partial charge in [-0.2, -0.15) is 23.4 Å². The fourth-order valence-corrected chi connectivity index (χ4v) is 4.76. The molecule has 0 aliphatic rings. The van der Waals surface area contributed by atoms with Gasteiger partial charge < -0.3 is 10.5 Å². The molecule has 0 fully saturated rings. The number of hydrogen-bond acceptors (Lipinski definition) is 6. The van der Waals surface area contributed by atoms with E-state index in [1.54, 1.807) is 37.6 Å². The molecule has 0 aliphatic carbocycles. The maximum atomic E-state index is 13.7. The molecule has 0 saturated heterocycles. The van der Waals surface area contributed by atoms with Crippen molar-refractivity contribution < 1.29 is 17.9 Å². The molecule has 0 amide bonds. The Bertz CT molecular complexity index is 1530. The lowest BCUT2D eigenvalue weighted by Crippen LogP contribution is -2.43. The minimum Gasteiger partial charge on any atom is -0.491 e. The highest BCUT2D eigenvalue weighted by atomic mass is 127. The van der Waals surface area contributed by atoms with Crippen LogP contribution in [0.1, 0.15) is 32.8 Å². The zero-order valence-corrected chi connectivity index (χ0v) is 23.1. The van der Waals surface area contributed by atoms with Crippen LogP contribution in [0.25, 0.3) is 33.2 Å². The second kappa shape index (κ2) is 11.2. The van der Waals surface area contributed by atoms with Crippen molar-refractivity contribution in [1.82, 2.24) is 30.4 Å². The molecule has 1 atom stereocenters. The monoisotopic (exact) mass is 637 g/mol. The van der Waals surface area contributed by atoms with E-state index in [4.69, 9.17) is 10.5 Å². The highest BCUT2D eigenvalue weighted by Gasteiger charge is 2.35. The number of nitrogens with one attached hydrogen (secondary N) is 2. The zero-order chi connectivity index (χ0) is 27.5. The quantitative estimate of drug-likeness (QED) is 0.187. The molecule has 4 aromatic heterocycles. The van der Waals surface area contributed by atoms with Crippen LogP contribution >= 0.6 is 22.6 Å². The van der Waals surface area contributed by atoms with E-state index < -0.39 is 17.3 Å². The molecule has 0 unspecified atom stereocenters. The number of alkyl halides is 3. The Balaban J connectivity index is 0.000000278. The van der Waals surface area contributed by atoms with Gasteiger partial charge in [0.2, 0.25) is 0 Å². The number of nitrogens with zero attached hydrogens (tertiary/aromatic N) is 4. The average molecular weight is 637 g/mol. The fourth-order valence-electron chi connectivity index (χ4n) is 4.20.